The van der Waals surface area contributed by atoms with Gasteiger partial charge in [-0.05, 0) is 37.2 Å². The molecule has 1 aromatic rings. The second-order valence-electron chi connectivity index (χ2n) is 6.48. The van der Waals surface area contributed by atoms with Gasteiger partial charge in [-0.15, -0.1) is 0 Å². The maximum Gasteiger partial charge on any atom is 0.0637 e. The Hall–Kier alpha value is -0.830. The Balaban J connectivity index is 1.70. The van der Waals surface area contributed by atoms with Crippen molar-refractivity contribution in [2.75, 3.05) is 6.54 Å². The second kappa shape index (κ2) is 5.87. The fourth-order valence-electron chi connectivity index (χ4n) is 2.87. The van der Waals surface area contributed by atoms with Crippen LogP contribution in [0, 0.1) is 5.41 Å². The van der Waals surface area contributed by atoms with Crippen molar-refractivity contribution in [3.63, 3.8) is 0 Å². The Morgan fingerprint density at radius 1 is 1.39 bits per heavy atom. The van der Waals surface area contributed by atoms with Crippen molar-refractivity contribution in [3.05, 3.63) is 18.0 Å². The molecule has 0 aliphatic heterocycles. The van der Waals surface area contributed by atoms with Crippen LogP contribution in [0.5, 0.6) is 0 Å². The molecule has 1 fully saturated rings. The zero-order valence-electron chi connectivity index (χ0n) is 12.1. The van der Waals surface area contributed by atoms with Crippen LogP contribution in [-0.4, -0.2) is 22.4 Å². The Morgan fingerprint density at radius 2 is 2.22 bits per heavy atom. The van der Waals surface area contributed by atoms with E-state index < -0.39 is 0 Å². The highest BCUT2D eigenvalue weighted by molar-refractivity contribution is 4.99. The Kier molecular flexibility index (Phi) is 4.44. The molecule has 0 bridgehead atoms. The highest BCUT2D eigenvalue weighted by Gasteiger charge is 2.23. The molecule has 0 radical (unpaired) electrons. The fourth-order valence-corrected chi connectivity index (χ4v) is 2.87. The molecule has 0 spiro atoms. The van der Waals surface area contributed by atoms with E-state index in [1.807, 2.05) is 17.9 Å². The minimum Gasteiger partial charge on any atom is -0.314 e. The average Bonchev–Trinajstić information content (AvgIpc) is 2.63. The summed E-state index contributed by atoms with van der Waals surface area (Å²) in [6.45, 7) is 5.87. The van der Waals surface area contributed by atoms with Gasteiger partial charge in [0, 0.05) is 32.3 Å². The van der Waals surface area contributed by atoms with Gasteiger partial charge in [0.25, 0.3) is 0 Å². The highest BCUT2D eigenvalue weighted by Crippen LogP contribution is 2.33. The summed E-state index contributed by atoms with van der Waals surface area (Å²) >= 11 is 0. The van der Waals surface area contributed by atoms with Crippen LogP contribution in [0.15, 0.2) is 12.3 Å². The molecular formula is C15H27N3. The van der Waals surface area contributed by atoms with Crippen LogP contribution in [-0.2, 0) is 13.5 Å². The predicted octanol–water partition coefficient (Wildman–Crippen LogP) is 2.91. The van der Waals surface area contributed by atoms with E-state index in [2.05, 4.69) is 30.3 Å². The SMILES string of the molecule is Cn1ccc(CCNC2CCCC(C)(C)CC2)n1. The van der Waals surface area contributed by atoms with Crippen LogP contribution in [0.25, 0.3) is 0 Å². The lowest BCUT2D eigenvalue weighted by molar-refractivity contribution is 0.310. The normalized spacial score (nSPS) is 23.8. The van der Waals surface area contributed by atoms with Crippen molar-refractivity contribution in [1.82, 2.24) is 15.1 Å². The predicted molar refractivity (Wildman–Crippen MR) is 75.6 cm³/mol. The van der Waals surface area contributed by atoms with Gasteiger partial charge < -0.3 is 5.32 Å². The highest BCUT2D eigenvalue weighted by atomic mass is 15.2. The summed E-state index contributed by atoms with van der Waals surface area (Å²) < 4.78 is 1.88. The molecular weight excluding hydrogens is 222 g/mol. The summed E-state index contributed by atoms with van der Waals surface area (Å²) in [5, 5.41) is 8.12. The third-order valence-corrected chi connectivity index (χ3v) is 4.16. The van der Waals surface area contributed by atoms with Crippen LogP contribution >= 0.6 is 0 Å². The van der Waals surface area contributed by atoms with E-state index >= 15 is 0 Å². The molecule has 1 saturated carbocycles. The number of hydrogen-bond acceptors (Lipinski definition) is 2. The number of hydrogen-bond donors (Lipinski definition) is 1. The zero-order valence-corrected chi connectivity index (χ0v) is 12.1. The van der Waals surface area contributed by atoms with Crippen LogP contribution in [0.1, 0.15) is 51.6 Å². The monoisotopic (exact) mass is 249 g/mol. The van der Waals surface area contributed by atoms with Gasteiger partial charge in [0.1, 0.15) is 0 Å². The van der Waals surface area contributed by atoms with Crippen LogP contribution < -0.4 is 5.32 Å². The maximum absolute atomic E-state index is 4.41. The molecule has 2 rings (SSSR count). The van der Waals surface area contributed by atoms with Crippen molar-refractivity contribution in [2.24, 2.45) is 12.5 Å². The van der Waals surface area contributed by atoms with Gasteiger partial charge in [-0.3, -0.25) is 4.68 Å². The molecule has 1 aliphatic rings. The summed E-state index contributed by atoms with van der Waals surface area (Å²) in [4.78, 5) is 0. The van der Waals surface area contributed by atoms with Crippen molar-refractivity contribution in [2.45, 2.75) is 58.4 Å². The van der Waals surface area contributed by atoms with E-state index in [0.29, 0.717) is 5.41 Å². The molecule has 3 nitrogen and oxygen atoms in total. The first-order valence-corrected chi connectivity index (χ1v) is 7.27. The van der Waals surface area contributed by atoms with Gasteiger partial charge in [0.2, 0.25) is 0 Å². The minimum atomic E-state index is 0.553. The van der Waals surface area contributed by atoms with E-state index in [9.17, 15) is 0 Å². The lowest BCUT2D eigenvalue weighted by Gasteiger charge is -2.22. The summed E-state index contributed by atoms with van der Waals surface area (Å²) in [6, 6.07) is 2.83. The van der Waals surface area contributed by atoms with Gasteiger partial charge in [0.05, 0.1) is 5.69 Å². The molecule has 0 amide bonds. The largest absolute Gasteiger partial charge is 0.314 e. The molecule has 1 aliphatic carbocycles. The maximum atomic E-state index is 4.41. The first-order chi connectivity index (χ1) is 8.55. The Bertz CT molecular complexity index is 368. The summed E-state index contributed by atoms with van der Waals surface area (Å²) in [5.41, 5.74) is 1.75. The van der Waals surface area contributed by atoms with E-state index in [1.54, 1.807) is 0 Å². The molecule has 0 aromatic carbocycles. The van der Waals surface area contributed by atoms with Gasteiger partial charge in [-0.2, -0.15) is 5.10 Å². The number of nitrogens with one attached hydrogen (secondary N) is 1. The zero-order chi connectivity index (χ0) is 13.0. The van der Waals surface area contributed by atoms with Crippen LogP contribution in [0.3, 0.4) is 0 Å². The van der Waals surface area contributed by atoms with Gasteiger partial charge in [0.15, 0.2) is 0 Å². The average molecular weight is 249 g/mol. The first kappa shape index (κ1) is 13.6. The number of rotatable bonds is 4. The van der Waals surface area contributed by atoms with Crippen LogP contribution in [0.4, 0.5) is 0 Å². The van der Waals surface area contributed by atoms with E-state index in [4.69, 9.17) is 0 Å². The molecule has 18 heavy (non-hydrogen) atoms. The molecule has 0 saturated heterocycles. The summed E-state index contributed by atoms with van der Waals surface area (Å²) in [7, 11) is 1.98. The Labute approximate surface area is 111 Å². The second-order valence-corrected chi connectivity index (χ2v) is 6.48. The number of nitrogens with zero attached hydrogens (tertiary/aromatic N) is 2. The van der Waals surface area contributed by atoms with E-state index in [1.165, 1.54) is 37.8 Å². The fraction of sp³-hybridized carbons (Fsp3) is 0.800. The molecule has 102 valence electrons. The van der Waals surface area contributed by atoms with Gasteiger partial charge in [-0.1, -0.05) is 20.3 Å². The lowest BCUT2D eigenvalue weighted by Crippen LogP contribution is -2.30. The van der Waals surface area contributed by atoms with Crippen molar-refractivity contribution in [1.29, 1.82) is 0 Å². The summed E-state index contributed by atoms with van der Waals surface area (Å²) in [5.74, 6) is 0. The third-order valence-electron chi connectivity index (χ3n) is 4.16. The molecule has 3 heteroatoms. The van der Waals surface area contributed by atoms with Crippen LogP contribution in [0.2, 0.25) is 0 Å². The van der Waals surface area contributed by atoms with E-state index in [0.717, 1.165) is 19.0 Å². The smallest absolute Gasteiger partial charge is 0.0637 e. The molecule has 1 unspecified atom stereocenters. The standard InChI is InChI=1S/C15H27N3/c1-15(2)9-4-5-13(6-10-15)16-11-7-14-8-12-18(3)17-14/h8,12-13,16H,4-7,9-11H2,1-3H3. The molecule has 1 aromatic heterocycles. The van der Waals surface area contributed by atoms with Gasteiger partial charge >= 0.3 is 0 Å². The van der Waals surface area contributed by atoms with E-state index in [-0.39, 0.29) is 0 Å². The van der Waals surface area contributed by atoms with Gasteiger partial charge in [-0.25, -0.2) is 0 Å². The third kappa shape index (κ3) is 4.13. The molecule has 1 atom stereocenters. The first-order valence-electron chi connectivity index (χ1n) is 7.27. The Morgan fingerprint density at radius 3 is 2.94 bits per heavy atom. The van der Waals surface area contributed by atoms with Crippen molar-refractivity contribution >= 4 is 0 Å². The summed E-state index contributed by atoms with van der Waals surface area (Å²) in [6.07, 6.45) is 9.83. The van der Waals surface area contributed by atoms with Crippen molar-refractivity contribution < 1.29 is 0 Å². The molecule has 1 heterocycles. The minimum absolute atomic E-state index is 0.553. The number of aromatic nitrogens is 2. The number of aryl methyl sites for hydroxylation is 1. The molecule has 1 N–H and O–H groups in total. The lowest BCUT2D eigenvalue weighted by atomic mass is 9.85. The van der Waals surface area contributed by atoms with Crippen molar-refractivity contribution in [3.8, 4) is 0 Å². The topological polar surface area (TPSA) is 29.9 Å². The quantitative estimate of drug-likeness (QED) is 0.832.